The largest absolute Gasteiger partial charge is 0.493 e. The summed E-state index contributed by atoms with van der Waals surface area (Å²) in [6, 6.07) is 1.53. The zero-order chi connectivity index (χ0) is 37.6. The number of carbonyl (C=O) groups excluding carboxylic acids is 6. The molecule has 2 aromatic carbocycles. The number of ether oxygens (including phenoxy) is 6. The van der Waals surface area contributed by atoms with Gasteiger partial charge < -0.3 is 38.2 Å². The number of rotatable bonds is 14. The topological polar surface area (TPSA) is 251 Å². The number of carbonyl (C=O) groups is 6. The molecule has 2 aliphatic heterocycles. The monoisotopic (exact) mass is 716 g/mol. The van der Waals surface area contributed by atoms with E-state index in [1.165, 1.54) is 14.2 Å². The summed E-state index contributed by atoms with van der Waals surface area (Å²) in [5.41, 5.74) is -2.27. The van der Waals surface area contributed by atoms with Crippen LogP contribution in [0.4, 0.5) is 11.4 Å². The van der Waals surface area contributed by atoms with E-state index in [4.69, 9.17) is 18.9 Å². The maximum atomic E-state index is 13.3. The molecule has 2 saturated heterocycles. The van der Waals surface area contributed by atoms with Crippen LogP contribution in [0.25, 0.3) is 0 Å². The molecule has 0 radical (unpaired) electrons. The first-order valence-corrected chi connectivity index (χ1v) is 15.1. The van der Waals surface area contributed by atoms with Crippen LogP contribution >= 0.6 is 0 Å². The zero-order valence-electron chi connectivity index (χ0n) is 27.7. The lowest BCUT2D eigenvalue weighted by atomic mass is 10.1. The van der Waals surface area contributed by atoms with E-state index in [0.717, 1.165) is 48.3 Å². The lowest BCUT2D eigenvalue weighted by Gasteiger charge is -2.22. The lowest BCUT2D eigenvalue weighted by Crippen LogP contribution is -2.41. The summed E-state index contributed by atoms with van der Waals surface area (Å²) in [4.78, 5) is 99.0. The van der Waals surface area contributed by atoms with Crippen LogP contribution in [-0.4, -0.2) is 122 Å². The van der Waals surface area contributed by atoms with Crippen LogP contribution in [0.2, 0.25) is 0 Å². The number of methoxy groups -OCH3 is 4. The fraction of sp³-hybridized carbons (Fsp3) is 0.419. The Morgan fingerprint density at radius 3 is 1.35 bits per heavy atom. The number of hydrogen-bond acceptors (Lipinski definition) is 16. The number of ketones is 2. The summed E-state index contributed by atoms with van der Waals surface area (Å²) in [7, 11) is 4.62. The molecule has 20 heteroatoms. The van der Waals surface area contributed by atoms with E-state index in [0.29, 0.717) is 0 Å². The highest BCUT2D eigenvalue weighted by Gasteiger charge is 2.43. The summed E-state index contributed by atoms with van der Waals surface area (Å²) in [5, 5.41) is 23.9. The third-order valence-corrected chi connectivity index (χ3v) is 7.98. The molecule has 0 spiro atoms. The number of nitro groups is 2. The molecule has 51 heavy (non-hydrogen) atoms. The first-order valence-electron chi connectivity index (χ1n) is 15.1. The molecule has 2 fully saturated rings. The van der Waals surface area contributed by atoms with Crippen molar-refractivity contribution in [2.24, 2.45) is 0 Å². The lowest BCUT2D eigenvalue weighted by molar-refractivity contribution is -0.385. The van der Waals surface area contributed by atoms with Gasteiger partial charge in [-0.05, 0) is 0 Å². The van der Waals surface area contributed by atoms with Gasteiger partial charge in [-0.15, -0.1) is 0 Å². The van der Waals surface area contributed by atoms with Gasteiger partial charge in [0.05, 0.1) is 76.7 Å². The standard InChI is InChI=1S/C31H32N4O16/c1-46-24-10-18(28(38)32-14-16(36)8-22(32)30(40)48-3)20(34(42)43)12-26(24)50-6-5-7-51-27-13-21(35(44)45)19(11-25(27)47-2)29(39)33-15-17(37)9-23(33)31(41)49-4/h10-13,22-23H,5-9,14-15H2,1-4H3/t22-,23-/m0/s1. The number of nitrogens with zero attached hydrogens (tertiary/aromatic N) is 4. The van der Waals surface area contributed by atoms with Gasteiger partial charge in [-0.3, -0.25) is 39.4 Å². The highest BCUT2D eigenvalue weighted by molar-refractivity contribution is 6.06. The van der Waals surface area contributed by atoms with Crippen molar-refractivity contribution in [3.63, 3.8) is 0 Å². The number of Topliss-reactive ketones (excluding diaryl/α,β-unsaturated/α-hetero) is 2. The van der Waals surface area contributed by atoms with Crippen LogP contribution in [0, 0.1) is 20.2 Å². The van der Waals surface area contributed by atoms with Crippen LogP contribution in [0.5, 0.6) is 23.0 Å². The second-order valence-corrected chi connectivity index (χ2v) is 11.0. The van der Waals surface area contributed by atoms with Gasteiger partial charge in [0, 0.05) is 31.4 Å². The third kappa shape index (κ3) is 7.94. The molecular formula is C31H32N4O16. The molecule has 2 heterocycles. The maximum absolute atomic E-state index is 13.3. The van der Waals surface area contributed by atoms with Gasteiger partial charge in [-0.2, -0.15) is 0 Å². The van der Waals surface area contributed by atoms with Crippen molar-refractivity contribution in [2.45, 2.75) is 31.3 Å². The highest BCUT2D eigenvalue weighted by Crippen LogP contribution is 2.38. The Morgan fingerprint density at radius 1 is 0.667 bits per heavy atom. The minimum absolute atomic E-state index is 0.0725. The normalized spacial score (nSPS) is 16.8. The van der Waals surface area contributed by atoms with Gasteiger partial charge >= 0.3 is 11.9 Å². The summed E-state index contributed by atoms with van der Waals surface area (Å²) < 4.78 is 31.2. The minimum Gasteiger partial charge on any atom is -0.493 e. The van der Waals surface area contributed by atoms with E-state index in [1.807, 2.05) is 0 Å². The zero-order valence-corrected chi connectivity index (χ0v) is 27.7. The summed E-state index contributed by atoms with van der Waals surface area (Å²) in [6.07, 6.45) is -0.499. The molecule has 0 unspecified atom stereocenters. The van der Waals surface area contributed by atoms with Gasteiger partial charge in [0.15, 0.2) is 34.6 Å². The smallest absolute Gasteiger partial charge is 0.329 e. The molecule has 0 aromatic heterocycles. The molecule has 4 rings (SSSR count). The Hall–Kier alpha value is -6.34. The molecule has 0 aliphatic carbocycles. The fourth-order valence-corrected chi connectivity index (χ4v) is 5.52. The molecule has 2 aromatic rings. The number of amides is 2. The molecule has 2 aliphatic rings. The van der Waals surface area contributed by atoms with E-state index in [-0.39, 0.29) is 55.5 Å². The number of nitro benzene ring substituents is 2. The predicted molar refractivity (Wildman–Crippen MR) is 168 cm³/mol. The Kier molecular flexibility index (Phi) is 11.7. The van der Waals surface area contributed by atoms with Crippen molar-refractivity contribution in [3.05, 3.63) is 55.6 Å². The van der Waals surface area contributed by atoms with Crippen molar-refractivity contribution in [1.82, 2.24) is 9.80 Å². The number of benzene rings is 2. The first-order chi connectivity index (χ1) is 24.3. The quantitative estimate of drug-likeness (QED) is 0.116. The molecule has 2 atom stereocenters. The van der Waals surface area contributed by atoms with E-state index in [2.05, 4.69) is 9.47 Å². The molecule has 0 bridgehead atoms. The maximum Gasteiger partial charge on any atom is 0.329 e. The van der Waals surface area contributed by atoms with Crippen molar-refractivity contribution < 1.29 is 67.0 Å². The second kappa shape index (κ2) is 15.9. The average Bonchev–Trinajstić information content (AvgIpc) is 3.71. The number of hydrogen-bond donors (Lipinski definition) is 0. The Balaban J connectivity index is 1.48. The highest BCUT2D eigenvalue weighted by atomic mass is 16.6. The van der Waals surface area contributed by atoms with Crippen LogP contribution in [0.3, 0.4) is 0 Å². The predicted octanol–water partition coefficient (Wildman–Crippen LogP) is 1.28. The first kappa shape index (κ1) is 37.5. The van der Waals surface area contributed by atoms with E-state index < -0.39 is 92.8 Å². The molecule has 0 N–H and O–H groups in total. The molecule has 2 amide bonds. The van der Waals surface area contributed by atoms with Crippen LogP contribution < -0.4 is 18.9 Å². The number of esters is 2. The minimum atomic E-state index is -1.25. The van der Waals surface area contributed by atoms with Crippen LogP contribution in [0.15, 0.2) is 24.3 Å². The van der Waals surface area contributed by atoms with E-state index in [9.17, 15) is 49.0 Å². The summed E-state index contributed by atoms with van der Waals surface area (Å²) in [6.45, 7) is -1.16. The Morgan fingerprint density at radius 2 is 1.04 bits per heavy atom. The van der Waals surface area contributed by atoms with Gasteiger partial charge in [0.2, 0.25) is 0 Å². The van der Waals surface area contributed by atoms with E-state index in [1.54, 1.807) is 0 Å². The SMILES string of the molecule is COC(=O)[C@@H]1CC(=O)CN1C(=O)c1cc(OC)c(OCCCOc2cc([N+](=O)[O-])c(C(=O)N3CC(=O)C[C@H]3C(=O)OC)cc2OC)cc1[N+](=O)[O-]. The van der Waals surface area contributed by atoms with Gasteiger partial charge in [-0.1, -0.05) is 0 Å². The Labute approximate surface area is 288 Å². The van der Waals surface area contributed by atoms with Gasteiger partial charge in [-0.25, -0.2) is 9.59 Å². The van der Waals surface area contributed by atoms with E-state index >= 15 is 0 Å². The molecule has 20 nitrogen and oxygen atoms in total. The fourth-order valence-electron chi connectivity index (χ4n) is 5.52. The van der Waals surface area contributed by atoms with Crippen LogP contribution in [-0.2, 0) is 28.7 Å². The Bertz CT molecular complexity index is 1670. The molecule has 0 saturated carbocycles. The van der Waals surface area contributed by atoms with Gasteiger partial charge in [0.25, 0.3) is 23.2 Å². The second-order valence-electron chi connectivity index (χ2n) is 11.0. The van der Waals surface area contributed by atoms with Crippen molar-refractivity contribution >= 4 is 46.7 Å². The van der Waals surface area contributed by atoms with Crippen molar-refractivity contribution in [2.75, 3.05) is 54.7 Å². The van der Waals surface area contributed by atoms with Crippen molar-refractivity contribution in [3.8, 4) is 23.0 Å². The average molecular weight is 717 g/mol. The summed E-state index contributed by atoms with van der Waals surface area (Å²) in [5.74, 6) is -4.88. The van der Waals surface area contributed by atoms with Crippen LogP contribution in [0.1, 0.15) is 40.0 Å². The van der Waals surface area contributed by atoms with Crippen molar-refractivity contribution in [1.29, 1.82) is 0 Å². The third-order valence-electron chi connectivity index (χ3n) is 7.98. The molecular weight excluding hydrogens is 684 g/mol. The summed E-state index contributed by atoms with van der Waals surface area (Å²) >= 11 is 0. The number of likely N-dealkylation sites (tertiary alicyclic amines) is 2. The van der Waals surface area contributed by atoms with Gasteiger partial charge in [0.1, 0.15) is 23.2 Å². The molecule has 272 valence electrons.